The molecule has 3 heterocycles. The minimum atomic E-state index is -0.0902. The maximum absolute atomic E-state index is 13.2. The molecule has 0 aliphatic carbocycles. The van der Waals surface area contributed by atoms with Crippen molar-refractivity contribution in [2.75, 3.05) is 50.2 Å². The van der Waals surface area contributed by atoms with Crippen LogP contribution in [-0.2, 0) is 30.5 Å². The minimum Gasteiger partial charge on any atom is -0.496 e. The third-order valence-corrected chi connectivity index (χ3v) is 6.86. The summed E-state index contributed by atoms with van der Waals surface area (Å²) in [4.78, 5) is 27.4. The van der Waals surface area contributed by atoms with Gasteiger partial charge in [-0.2, -0.15) is 0 Å². The highest BCUT2D eigenvalue weighted by molar-refractivity contribution is 5.90. The average molecular weight is 488 g/mol. The van der Waals surface area contributed by atoms with Crippen molar-refractivity contribution in [3.05, 3.63) is 76.7 Å². The summed E-state index contributed by atoms with van der Waals surface area (Å²) in [6.45, 7) is 6.06. The third kappa shape index (κ3) is 5.14. The summed E-state index contributed by atoms with van der Waals surface area (Å²) in [6.07, 6.45) is 2.15. The maximum atomic E-state index is 13.2. The van der Waals surface area contributed by atoms with Crippen LogP contribution in [0, 0.1) is 0 Å². The Morgan fingerprint density at radius 3 is 2.56 bits per heavy atom. The van der Waals surface area contributed by atoms with Crippen molar-refractivity contribution in [1.82, 2.24) is 14.9 Å². The second kappa shape index (κ2) is 11.0. The molecule has 0 spiro atoms. The molecular formula is C28H33N5O3. The van der Waals surface area contributed by atoms with Gasteiger partial charge in [-0.15, -0.1) is 0 Å². The molecule has 0 bridgehead atoms. The van der Waals surface area contributed by atoms with Crippen molar-refractivity contribution in [3.8, 4) is 5.75 Å². The Kier molecular flexibility index (Phi) is 7.32. The van der Waals surface area contributed by atoms with E-state index in [1.807, 2.05) is 41.3 Å². The van der Waals surface area contributed by atoms with Gasteiger partial charge in [-0.05, 0) is 24.1 Å². The highest BCUT2D eigenvalue weighted by Gasteiger charge is 2.28. The van der Waals surface area contributed by atoms with E-state index < -0.39 is 0 Å². The van der Waals surface area contributed by atoms with Crippen LogP contribution in [0.1, 0.15) is 35.1 Å². The van der Waals surface area contributed by atoms with Crippen molar-refractivity contribution >= 4 is 17.5 Å². The average Bonchev–Trinajstić information content (AvgIpc) is 2.93. The van der Waals surface area contributed by atoms with E-state index in [4.69, 9.17) is 19.4 Å². The van der Waals surface area contributed by atoms with Gasteiger partial charge in [0.15, 0.2) is 0 Å². The van der Waals surface area contributed by atoms with E-state index in [0.717, 1.165) is 65.0 Å². The van der Waals surface area contributed by atoms with Crippen LogP contribution in [-0.4, -0.2) is 60.9 Å². The fourth-order valence-corrected chi connectivity index (χ4v) is 4.90. The van der Waals surface area contributed by atoms with Crippen molar-refractivity contribution in [3.63, 3.8) is 0 Å². The Hall–Kier alpha value is -3.65. The van der Waals surface area contributed by atoms with Gasteiger partial charge in [-0.25, -0.2) is 14.8 Å². The number of nitrogens with zero attached hydrogens (tertiary/aromatic N) is 4. The SMILES string of the molecule is CCc1ccccc1NC(=O)N1CCc2nc(Cc3ccccc3OC)nc(N3CCOCC3)c2C1. The number of methoxy groups -OCH3 is 1. The number of morpholine rings is 1. The first-order valence-corrected chi connectivity index (χ1v) is 12.6. The molecule has 8 heteroatoms. The molecule has 0 atom stereocenters. The molecular weight excluding hydrogens is 454 g/mol. The lowest BCUT2D eigenvalue weighted by molar-refractivity contribution is 0.122. The molecule has 1 aromatic heterocycles. The molecule has 2 aliphatic rings. The number of para-hydroxylation sites is 2. The summed E-state index contributed by atoms with van der Waals surface area (Å²) < 4.78 is 11.1. The molecule has 2 aliphatic heterocycles. The fourth-order valence-electron chi connectivity index (χ4n) is 4.90. The zero-order valence-electron chi connectivity index (χ0n) is 21.0. The molecule has 36 heavy (non-hydrogen) atoms. The summed E-state index contributed by atoms with van der Waals surface area (Å²) in [5.74, 6) is 2.52. The maximum Gasteiger partial charge on any atom is 0.322 e. The second-order valence-corrected chi connectivity index (χ2v) is 9.09. The molecule has 1 saturated heterocycles. The van der Waals surface area contributed by atoms with E-state index in [0.29, 0.717) is 39.1 Å². The number of amides is 2. The predicted octanol–water partition coefficient (Wildman–Crippen LogP) is 4.07. The van der Waals surface area contributed by atoms with Crippen LogP contribution >= 0.6 is 0 Å². The monoisotopic (exact) mass is 487 g/mol. The van der Waals surface area contributed by atoms with Gasteiger partial charge in [0.25, 0.3) is 0 Å². The molecule has 2 amide bonds. The predicted molar refractivity (Wildman–Crippen MR) is 140 cm³/mol. The molecule has 5 rings (SSSR count). The van der Waals surface area contributed by atoms with E-state index in [1.54, 1.807) is 7.11 Å². The van der Waals surface area contributed by atoms with E-state index in [-0.39, 0.29) is 6.03 Å². The van der Waals surface area contributed by atoms with E-state index in [9.17, 15) is 4.79 Å². The largest absolute Gasteiger partial charge is 0.496 e. The number of aromatic nitrogens is 2. The highest BCUT2D eigenvalue weighted by Crippen LogP contribution is 2.29. The first kappa shape index (κ1) is 24.1. The lowest BCUT2D eigenvalue weighted by atomic mass is 10.0. The topological polar surface area (TPSA) is 79.8 Å². The molecule has 3 aromatic rings. The molecule has 0 unspecified atom stereocenters. The fraction of sp³-hybridized carbons (Fsp3) is 0.393. The molecule has 1 N–H and O–H groups in total. The van der Waals surface area contributed by atoms with Gasteiger partial charge in [0.2, 0.25) is 0 Å². The number of anilines is 2. The summed E-state index contributed by atoms with van der Waals surface area (Å²) in [6, 6.07) is 15.9. The Bertz CT molecular complexity index is 1230. The van der Waals surface area contributed by atoms with E-state index in [1.165, 1.54) is 0 Å². The van der Waals surface area contributed by atoms with Crippen molar-refractivity contribution in [2.24, 2.45) is 0 Å². The van der Waals surface area contributed by atoms with Gasteiger partial charge >= 0.3 is 6.03 Å². The van der Waals surface area contributed by atoms with Gasteiger partial charge in [0.05, 0.1) is 32.6 Å². The Balaban J connectivity index is 1.43. The molecule has 0 radical (unpaired) electrons. The Labute approximate surface area is 212 Å². The van der Waals surface area contributed by atoms with Crippen LogP contribution in [0.25, 0.3) is 0 Å². The number of carbonyl (C=O) groups excluding carboxylic acids is 1. The van der Waals surface area contributed by atoms with Gasteiger partial charge in [-0.1, -0.05) is 43.3 Å². The third-order valence-electron chi connectivity index (χ3n) is 6.86. The van der Waals surface area contributed by atoms with Crippen LogP contribution in [0.4, 0.5) is 16.3 Å². The summed E-state index contributed by atoms with van der Waals surface area (Å²) in [7, 11) is 1.68. The minimum absolute atomic E-state index is 0.0902. The quantitative estimate of drug-likeness (QED) is 0.565. The van der Waals surface area contributed by atoms with Crippen LogP contribution in [0.5, 0.6) is 5.75 Å². The number of benzene rings is 2. The Morgan fingerprint density at radius 1 is 1.03 bits per heavy atom. The van der Waals surface area contributed by atoms with Gasteiger partial charge < -0.3 is 24.6 Å². The highest BCUT2D eigenvalue weighted by atomic mass is 16.5. The van der Waals surface area contributed by atoms with Crippen LogP contribution in [0.2, 0.25) is 0 Å². The number of aryl methyl sites for hydroxylation is 1. The zero-order chi connectivity index (χ0) is 24.9. The number of nitrogens with one attached hydrogen (secondary N) is 1. The molecule has 188 valence electrons. The van der Waals surface area contributed by atoms with Crippen LogP contribution in [0.3, 0.4) is 0 Å². The van der Waals surface area contributed by atoms with Crippen LogP contribution in [0.15, 0.2) is 48.5 Å². The molecule has 8 nitrogen and oxygen atoms in total. The number of rotatable bonds is 6. The lowest BCUT2D eigenvalue weighted by Gasteiger charge is -2.34. The number of urea groups is 1. The van der Waals surface area contributed by atoms with Gasteiger partial charge in [-0.3, -0.25) is 0 Å². The standard InChI is InChI=1S/C28H33N5O3/c1-3-20-8-4-6-10-23(20)30-28(34)33-13-12-24-22(19-33)27(32-14-16-36-17-15-32)31-26(29-24)18-21-9-5-7-11-25(21)35-2/h4-11H,3,12-19H2,1-2H3,(H,30,34). The molecule has 2 aromatic carbocycles. The van der Waals surface area contributed by atoms with Crippen molar-refractivity contribution in [2.45, 2.75) is 32.7 Å². The number of fused-ring (bicyclic) bond motifs is 1. The number of ether oxygens (including phenoxy) is 2. The first-order chi connectivity index (χ1) is 17.7. The van der Waals surface area contributed by atoms with E-state index in [2.05, 4.69) is 29.3 Å². The summed E-state index contributed by atoms with van der Waals surface area (Å²) >= 11 is 0. The Morgan fingerprint density at radius 2 is 1.78 bits per heavy atom. The summed E-state index contributed by atoms with van der Waals surface area (Å²) in [5, 5.41) is 3.12. The normalized spacial score (nSPS) is 15.4. The first-order valence-electron chi connectivity index (χ1n) is 12.6. The smallest absolute Gasteiger partial charge is 0.322 e. The number of hydrogen-bond donors (Lipinski definition) is 1. The van der Waals surface area contributed by atoms with Gasteiger partial charge in [0.1, 0.15) is 17.4 Å². The van der Waals surface area contributed by atoms with Gasteiger partial charge in [0, 0.05) is 49.3 Å². The van der Waals surface area contributed by atoms with Crippen LogP contribution < -0.4 is 15.0 Å². The van der Waals surface area contributed by atoms with Crippen molar-refractivity contribution < 1.29 is 14.3 Å². The number of carbonyl (C=O) groups is 1. The molecule has 0 saturated carbocycles. The number of hydrogen-bond acceptors (Lipinski definition) is 6. The van der Waals surface area contributed by atoms with Crippen molar-refractivity contribution in [1.29, 1.82) is 0 Å². The van der Waals surface area contributed by atoms with E-state index >= 15 is 0 Å². The zero-order valence-corrected chi connectivity index (χ0v) is 21.0. The lowest BCUT2D eigenvalue weighted by Crippen LogP contribution is -2.42. The summed E-state index contributed by atoms with van der Waals surface area (Å²) in [5.41, 5.74) is 5.11. The second-order valence-electron chi connectivity index (χ2n) is 9.09. The molecule has 1 fully saturated rings.